The van der Waals surface area contributed by atoms with E-state index in [0.29, 0.717) is 26.3 Å². The summed E-state index contributed by atoms with van der Waals surface area (Å²) in [6.07, 6.45) is 3.16. The highest BCUT2D eigenvalue weighted by atomic mass is 35.5. The zero-order valence-electron chi connectivity index (χ0n) is 17.9. The second-order valence-corrected chi connectivity index (χ2v) is 10.7. The van der Waals surface area contributed by atoms with Crippen LogP contribution in [0.4, 0.5) is 0 Å². The maximum Gasteiger partial charge on any atom is 0.254 e. The van der Waals surface area contributed by atoms with Crippen LogP contribution in [0.2, 0.25) is 10.0 Å². The molecule has 1 fully saturated rings. The van der Waals surface area contributed by atoms with E-state index in [1.54, 1.807) is 41.1 Å². The number of hydrogen-bond acceptors (Lipinski definition) is 7. The molecule has 2 atom stereocenters. The molecule has 0 bridgehead atoms. The Morgan fingerprint density at radius 3 is 2.77 bits per heavy atom. The molecule has 1 saturated heterocycles. The van der Waals surface area contributed by atoms with Gasteiger partial charge in [0, 0.05) is 27.3 Å². The molecule has 4 rings (SSSR count). The number of fused-ring (bicyclic) bond motifs is 1. The lowest BCUT2D eigenvalue weighted by atomic mass is 10.0. The fourth-order valence-electron chi connectivity index (χ4n) is 3.73. The Morgan fingerprint density at radius 2 is 2.06 bits per heavy atom. The number of rotatable bonds is 8. The number of nitrogens with zero attached hydrogens (tertiary/aromatic N) is 2. The Balaban J connectivity index is 1.44. The van der Waals surface area contributed by atoms with Gasteiger partial charge in [-0.3, -0.25) is 19.3 Å². The molecule has 0 aliphatic carbocycles. The lowest BCUT2D eigenvalue weighted by molar-refractivity contribution is -0.689. The van der Waals surface area contributed by atoms with Crippen LogP contribution in [0.1, 0.15) is 10.4 Å². The van der Waals surface area contributed by atoms with Crippen LogP contribution >= 0.6 is 46.7 Å². The van der Waals surface area contributed by atoms with Gasteiger partial charge in [0.05, 0.1) is 22.4 Å². The summed E-state index contributed by atoms with van der Waals surface area (Å²) in [7, 11) is 0. The summed E-state index contributed by atoms with van der Waals surface area (Å²) >= 11 is 14.6. The minimum absolute atomic E-state index is 0.00249. The summed E-state index contributed by atoms with van der Waals surface area (Å²) in [5.41, 5.74) is 5.80. The molecule has 0 saturated carbocycles. The van der Waals surface area contributed by atoms with Gasteiger partial charge in [-0.2, -0.15) is 0 Å². The lowest BCUT2D eigenvalue weighted by Gasteiger charge is -2.50. The normalized spacial score (nSPS) is 19.1. The van der Waals surface area contributed by atoms with E-state index >= 15 is 0 Å². The topological polar surface area (TPSA) is 137 Å². The van der Waals surface area contributed by atoms with Crippen molar-refractivity contribution in [1.29, 1.82) is 0 Å². The molecule has 3 N–H and O–H groups in total. The number of thioether (sulfide) groups is 2. The smallest absolute Gasteiger partial charge is 0.254 e. The third-order valence-electron chi connectivity index (χ3n) is 5.33. The molecule has 0 unspecified atom stereocenters. The van der Waals surface area contributed by atoms with Gasteiger partial charge in [0.1, 0.15) is 17.0 Å². The second kappa shape index (κ2) is 10.5. The Hall–Kier alpha value is -2.73. The predicted molar refractivity (Wildman–Crippen MR) is 129 cm³/mol. The van der Waals surface area contributed by atoms with Crippen molar-refractivity contribution >= 4 is 70.4 Å². The summed E-state index contributed by atoms with van der Waals surface area (Å²) in [5.74, 6) is -2.73. The molecule has 1 aromatic carbocycles. The van der Waals surface area contributed by atoms with Crippen LogP contribution in [-0.4, -0.2) is 51.5 Å². The Kier molecular flexibility index (Phi) is 7.60. The van der Waals surface area contributed by atoms with Crippen LogP contribution in [0.5, 0.6) is 0 Å². The minimum atomic E-state index is -1.48. The number of aliphatic carboxylic acids is 1. The molecule has 9 nitrogen and oxygen atoms in total. The first kappa shape index (κ1) is 25.4. The zero-order valence-corrected chi connectivity index (χ0v) is 21.0. The molecule has 3 amide bonds. The molecule has 3 heterocycles. The van der Waals surface area contributed by atoms with E-state index in [-0.39, 0.29) is 23.6 Å². The molecule has 182 valence electrons. The van der Waals surface area contributed by atoms with Crippen molar-refractivity contribution in [3.8, 4) is 0 Å². The van der Waals surface area contributed by atoms with E-state index in [0.717, 1.165) is 4.90 Å². The zero-order chi connectivity index (χ0) is 25.3. The van der Waals surface area contributed by atoms with Gasteiger partial charge in [-0.1, -0.05) is 23.2 Å². The molecule has 2 aliphatic rings. The van der Waals surface area contributed by atoms with Crippen molar-refractivity contribution in [1.82, 2.24) is 10.2 Å². The standard InChI is InChI=1S/C22H18Cl2N4O5S2/c23-13-3-4-14(24)15(6-13)34-10-16(29)26-17-20(31)28-18(22(32)33)12(9-35-21(17)28)8-27-5-1-2-11(7-27)19(25)30/h1-7,17,21H,8-10H2,(H3-,25,26,29,30,32,33)/t17-,21-/m1/s1. The average Bonchev–Trinajstić information content (AvgIpc) is 2.82. The van der Waals surface area contributed by atoms with Crippen LogP contribution < -0.4 is 20.7 Å². The summed E-state index contributed by atoms with van der Waals surface area (Å²) in [4.78, 5) is 50.4. The lowest BCUT2D eigenvalue weighted by Crippen LogP contribution is -2.71. The van der Waals surface area contributed by atoms with E-state index in [2.05, 4.69) is 5.32 Å². The number of hydrogen-bond donors (Lipinski definition) is 2. The molecule has 35 heavy (non-hydrogen) atoms. The van der Waals surface area contributed by atoms with E-state index in [1.807, 2.05) is 0 Å². The second-order valence-electron chi connectivity index (χ2n) is 7.69. The molecule has 0 spiro atoms. The van der Waals surface area contributed by atoms with Gasteiger partial charge >= 0.3 is 0 Å². The van der Waals surface area contributed by atoms with Crippen molar-refractivity contribution in [3.05, 3.63) is 69.6 Å². The van der Waals surface area contributed by atoms with Gasteiger partial charge in [-0.05, 0) is 24.3 Å². The number of β-lactam (4-membered cyclic amide) rings is 1. The molecular weight excluding hydrogens is 535 g/mol. The van der Waals surface area contributed by atoms with Crippen molar-refractivity contribution in [3.63, 3.8) is 0 Å². The number of nitrogens with one attached hydrogen (secondary N) is 1. The molecule has 13 heteroatoms. The number of primary amides is 1. The summed E-state index contributed by atoms with van der Waals surface area (Å²) in [6, 6.07) is 7.22. The highest BCUT2D eigenvalue weighted by molar-refractivity contribution is 8.00. The highest BCUT2D eigenvalue weighted by Crippen LogP contribution is 2.40. The van der Waals surface area contributed by atoms with Gasteiger partial charge in [0.15, 0.2) is 18.9 Å². The fourth-order valence-corrected chi connectivity index (χ4v) is 6.37. The average molecular weight is 553 g/mol. The van der Waals surface area contributed by atoms with Crippen LogP contribution in [0, 0.1) is 0 Å². The number of benzene rings is 1. The highest BCUT2D eigenvalue weighted by Gasteiger charge is 2.53. The van der Waals surface area contributed by atoms with Crippen LogP contribution in [0.3, 0.4) is 0 Å². The first-order valence-corrected chi connectivity index (χ1v) is 13.0. The minimum Gasteiger partial charge on any atom is -0.543 e. The SMILES string of the molecule is NC(=O)c1ccc[n+](CC2=C(C(=O)[O-])N3C(=O)[C@@H](NC(=O)CSc4cc(Cl)ccc4Cl)[C@H]3SC2)c1. The van der Waals surface area contributed by atoms with Crippen LogP contribution in [0.25, 0.3) is 0 Å². The first-order valence-electron chi connectivity index (χ1n) is 10.2. The fraction of sp³-hybridized carbons (Fsp3) is 0.227. The van der Waals surface area contributed by atoms with Gasteiger partial charge < -0.3 is 21.0 Å². The number of nitrogens with two attached hydrogens (primary N) is 1. The summed E-state index contributed by atoms with van der Waals surface area (Å²) in [6.45, 7) is 0.127. The van der Waals surface area contributed by atoms with Crippen molar-refractivity contribution in [2.75, 3.05) is 11.5 Å². The number of carbonyl (C=O) groups is 4. The maximum atomic E-state index is 12.8. The number of amides is 3. The predicted octanol–water partition coefficient (Wildman–Crippen LogP) is 0.576. The third kappa shape index (κ3) is 5.43. The Labute approximate surface area is 218 Å². The number of aromatic nitrogens is 1. The van der Waals surface area contributed by atoms with Gasteiger partial charge in [0.2, 0.25) is 5.91 Å². The van der Waals surface area contributed by atoms with Gasteiger partial charge in [-0.25, -0.2) is 4.57 Å². The van der Waals surface area contributed by atoms with E-state index in [4.69, 9.17) is 28.9 Å². The molecule has 2 aromatic rings. The molecule has 1 aromatic heterocycles. The van der Waals surface area contributed by atoms with Crippen molar-refractivity contribution in [2.45, 2.75) is 22.9 Å². The Bertz CT molecular complexity index is 1270. The van der Waals surface area contributed by atoms with Gasteiger partial charge in [-0.15, -0.1) is 23.5 Å². The van der Waals surface area contributed by atoms with E-state index in [1.165, 1.54) is 29.7 Å². The van der Waals surface area contributed by atoms with Crippen LogP contribution in [-0.2, 0) is 20.9 Å². The maximum absolute atomic E-state index is 12.8. The third-order valence-corrected chi connectivity index (χ3v) is 8.40. The van der Waals surface area contributed by atoms with Crippen molar-refractivity contribution < 1.29 is 28.9 Å². The largest absolute Gasteiger partial charge is 0.543 e. The quantitative estimate of drug-likeness (QED) is 0.277. The summed E-state index contributed by atoms with van der Waals surface area (Å²) in [5, 5.41) is 15.0. The molecule has 2 aliphatic heterocycles. The van der Waals surface area contributed by atoms with Crippen LogP contribution in [0.15, 0.2) is 58.9 Å². The Morgan fingerprint density at radius 1 is 1.29 bits per heavy atom. The van der Waals surface area contributed by atoms with E-state index < -0.39 is 35.1 Å². The number of carboxylic acids is 1. The number of carboxylic acid groups (broad SMARTS) is 1. The van der Waals surface area contributed by atoms with E-state index in [9.17, 15) is 24.3 Å². The van der Waals surface area contributed by atoms with Gasteiger partial charge in [0.25, 0.3) is 11.8 Å². The number of pyridine rings is 1. The van der Waals surface area contributed by atoms with Crippen molar-refractivity contribution in [2.24, 2.45) is 5.73 Å². The first-order chi connectivity index (χ1) is 16.7. The molecular formula is C22H18Cl2N4O5S2. The monoisotopic (exact) mass is 552 g/mol. The molecule has 0 radical (unpaired) electrons. The summed E-state index contributed by atoms with van der Waals surface area (Å²) < 4.78 is 1.61. The number of halogens is 2. The number of carbonyl (C=O) groups excluding carboxylic acids is 4.